The summed E-state index contributed by atoms with van der Waals surface area (Å²) in [6.07, 6.45) is -4.42. The highest BCUT2D eigenvalue weighted by atomic mass is 32.1. The summed E-state index contributed by atoms with van der Waals surface area (Å²) in [7, 11) is 0. The average molecular weight is 360 g/mol. The fraction of sp³-hybridized carbons (Fsp3) is 0.357. The highest BCUT2D eigenvalue weighted by Gasteiger charge is 2.30. The maximum absolute atomic E-state index is 12.7. The highest BCUT2D eigenvalue weighted by Crippen LogP contribution is 2.39. The van der Waals surface area contributed by atoms with Crippen molar-refractivity contribution in [2.24, 2.45) is 0 Å². The van der Waals surface area contributed by atoms with Gasteiger partial charge >= 0.3 is 6.18 Å². The third-order valence-electron chi connectivity index (χ3n) is 3.39. The molecule has 1 saturated heterocycles. The maximum atomic E-state index is 12.7. The molecule has 0 saturated carbocycles. The highest BCUT2D eigenvalue weighted by molar-refractivity contribution is 7.11. The molecule has 24 heavy (non-hydrogen) atoms. The van der Waals surface area contributed by atoms with Crippen LogP contribution in [0.2, 0.25) is 0 Å². The number of aromatic nitrogens is 1. The van der Waals surface area contributed by atoms with Crippen LogP contribution in [-0.2, 0) is 10.9 Å². The van der Waals surface area contributed by atoms with Gasteiger partial charge in [0.25, 0.3) is 0 Å². The second-order valence-corrected chi connectivity index (χ2v) is 5.90. The monoisotopic (exact) mass is 360 g/mol. The summed E-state index contributed by atoms with van der Waals surface area (Å²) < 4.78 is 47.5. The molecule has 0 amide bonds. The van der Waals surface area contributed by atoms with Gasteiger partial charge < -0.3 is 15.2 Å². The number of aromatic hydroxyl groups is 1. The molecule has 0 spiro atoms. The van der Waals surface area contributed by atoms with Crippen LogP contribution in [0.1, 0.15) is 5.56 Å². The van der Waals surface area contributed by atoms with Crippen molar-refractivity contribution in [2.75, 3.05) is 37.0 Å². The van der Waals surface area contributed by atoms with E-state index in [-0.39, 0.29) is 22.3 Å². The SMILES string of the molecule is Oc1c(NN2CCOCC2)nsc1Nc1cccc(C(F)(F)F)c1. The lowest BCUT2D eigenvalue weighted by molar-refractivity contribution is -0.137. The van der Waals surface area contributed by atoms with Crippen LogP contribution in [0.15, 0.2) is 24.3 Å². The fourth-order valence-electron chi connectivity index (χ4n) is 2.17. The molecule has 0 atom stereocenters. The zero-order chi connectivity index (χ0) is 17.2. The van der Waals surface area contributed by atoms with Crippen LogP contribution in [0.4, 0.5) is 29.7 Å². The summed E-state index contributed by atoms with van der Waals surface area (Å²) in [6.45, 7) is 2.45. The van der Waals surface area contributed by atoms with Crippen molar-refractivity contribution < 1.29 is 23.0 Å². The first-order chi connectivity index (χ1) is 11.4. The van der Waals surface area contributed by atoms with Gasteiger partial charge in [-0.2, -0.15) is 17.5 Å². The maximum Gasteiger partial charge on any atom is 0.416 e. The van der Waals surface area contributed by atoms with E-state index in [1.165, 1.54) is 12.1 Å². The van der Waals surface area contributed by atoms with Gasteiger partial charge in [0, 0.05) is 18.8 Å². The summed E-state index contributed by atoms with van der Waals surface area (Å²) in [6, 6.07) is 4.76. The zero-order valence-corrected chi connectivity index (χ0v) is 13.2. The quantitative estimate of drug-likeness (QED) is 0.778. The van der Waals surface area contributed by atoms with Gasteiger partial charge in [-0.05, 0) is 29.7 Å². The molecule has 6 nitrogen and oxygen atoms in total. The van der Waals surface area contributed by atoms with E-state index in [9.17, 15) is 18.3 Å². The molecule has 0 radical (unpaired) electrons. The number of morpholine rings is 1. The predicted molar refractivity (Wildman–Crippen MR) is 84.5 cm³/mol. The molecule has 1 fully saturated rings. The van der Waals surface area contributed by atoms with Crippen molar-refractivity contribution in [3.8, 4) is 5.75 Å². The number of benzene rings is 1. The number of nitrogens with one attached hydrogen (secondary N) is 2. The lowest BCUT2D eigenvalue weighted by Crippen LogP contribution is -2.40. The molecular formula is C14H15F3N4O2S. The second kappa shape index (κ2) is 6.83. The Labute approximate surface area is 140 Å². The van der Waals surface area contributed by atoms with E-state index in [1.54, 1.807) is 0 Å². The van der Waals surface area contributed by atoms with E-state index >= 15 is 0 Å². The van der Waals surface area contributed by atoms with Crippen molar-refractivity contribution in [3.05, 3.63) is 29.8 Å². The fourth-order valence-corrected chi connectivity index (χ4v) is 2.83. The molecule has 1 aromatic carbocycles. The number of anilines is 3. The number of hydrazine groups is 1. The van der Waals surface area contributed by atoms with Crippen LogP contribution in [0.25, 0.3) is 0 Å². The number of nitrogens with zero attached hydrogens (tertiary/aromatic N) is 2. The lowest BCUT2D eigenvalue weighted by atomic mass is 10.2. The van der Waals surface area contributed by atoms with Crippen LogP contribution in [-0.4, -0.2) is 40.8 Å². The molecule has 2 aromatic rings. The van der Waals surface area contributed by atoms with Crippen LogP contribution >= 0.6 is 11.5 Å². The molecule has 130 valence electrons. The van der Waals surface area contributed by atoms with Gasteiger partial charge in [0.2, 0.25) is 0 Å². The smallest absolute Gasteiger partial charge is 0.416 e. The van der Waals surface area contributed by atoms with Crippen molar-refractivity contribution in [2.45, 2.75) is 6.18 Å². The summed E-state index contributed by atoms with van der Waals surface area (Å²) in [5, 5.41) is 15.1. The average Bonchev–Trinajstić information content (AvgIpc) is 2.89. The molecule has 3 N–H and O–H groups in total. The first kappa shape index (κ1) is 16.8. The summed E-state index contributed by atoms with van der Waals surface area (Å²) >= 11 is 0.960. The van der Waals surface area contributed by atoms with Gasteiger partial charge in [-0.25, -0.2) is 5.01 Å². The number of ether oxygens (including phenoxy) is 1. The largest absolute Gasteiger partial charge is 0.502 e. The minimum absolute atomic E-state index is 0.135. The summed E-state index contributed by atoms with van der Waals surface area (Å²) in [5.41, 5.74) is 2.44. The van der Waals surface area contributed by atoms with Crippen molar-refractivity contribution >= 4 is 28.0 Å². The standard InChI is InChI=1S/C14H15F3N4O2S/c15-14(16,17)9-2-1-3-10(8-9)18-13-11(22)12(20-24-13)19-21-4-6-23-7-5-21/h1-3,8,18,22H,4-7H2,(H,19,20). The molecule has 1 aliphatic heterocycles. The minimum atomic E-state index is -4.42. The van der Waals surface area contributed by atoms with E-state index in [2.05, 4.69) is 15.1 Å². The van der Waals surface area contributed by atoms with E-state index in [0.717, 1.165) is 23.7 Å². The van der Waals surface area contributed by atoms with Crippen molar-refractivity contribution in [3.63, 3.8) is 0 Å². The molecule has 0 bridgehead atoms. The zero-order valence-electron chi connectivity index (χ0n) is 12.4. The third-order valence-corrected chi connectivity index (χ3v) is 4.14. The Bertz CT molecular complexity index is 702. The molecule has 1 aromatic heterocycles. The Balaban J connectivity index is 1.72. The molecule has 1 aliphatic rings. The van der Waals surface area contributed by atoms with Crippen molar-refractivity contribution in [1.29, 1.82) is 0 Å². The molecule has 3 rings (SSSR count). The van der Waals surface area contributed by atoms with Crippen LogP contribution < -0.4 is 10.7 Å². The van der Waals surface area contributed by atoms with Crippen LogP contribution in [0.3, 0.4) is 0 Å². The second-order valence-electron chi connectivity index (χ2n) is 5.12. The predicted octanol–water partition coefficient (Wildman–Crippen LogP) is 3.27. The Morgan fingerprint density at radius 3 is 2.71 bits per heavy atom. The van der Waals surface area contributed by atoms with Crippen LogP contribution in [0.5, 0.6) is 5.75 Å². The molecule has 0 unspecified atom stereocenters. The van der Waals surface area contributed by atoms with Gasteiger partial charge in [0.1, 0.15) is 0 Å². The van der Waals surface area contributed by atoms with E-state index in [4.69, 9.17) is 4.74 Å². The van der Waals surface area contributed by atoms with Gasteiger partial charge in [-0.15, -0.1) is 0 Å². The van der Waals surface area contributed by atoms with E-state index in [1.807, 2.05) is 5.01 Å². The minimum Gasteiger partial charge on any atom is -0.502 e. The number of halogens is 3. The first-order valence-corrected chi connectivity index (χ1v) is 7.93. The Morgan fingerprint density at radius 2 is 2.00 bits per heavy atom. The Hall–Kier alpha value is -2.04. The Kier molecular flexibility index (Phi) is 4.78. The topological polar surface area (TPSA) is 69.7 Å². The van der Waals surface area contributed by atoms with E-state index in [0.29, 0.717) is 26.3 Å². The van der Waals surface area contributed by atoms with Crippen molar-refractivity contribution in [1.82, 2.24) is 9.38 Å². The van der Waals surface area contributed by atoms with Gasteiger partial charge in [-0.3, -0.25) is 5.43 Å². The van der Waals surface area contributed by atoms with Gasteiger partial charge in [-0.1, -0.05) is 6.07 Å². The molecular weight excluding hydrogens is 345 g/mol. The lowest BCUT2D eigenvalue weighted by Gasteiger charge is -2.26. The third kappa shape index (κ3) is 3.89. The van der Waals surface area contributed by atoms with E-state index < -0.39 is 11.7 Å². The molecule has 2 heterocycles. The summed E-state index contributed by atoms with van der Waals surface area (Å²) in [4.78, 5) is 0. The Morgan fingerprint density at radius 1 is 1.25 bits per heavy atom. The number of alkyl halides is 3. The van der Waals surface area contributed by atoms with Crippen LogP contribution in [0, 0.1) is 0 Å². The number of hydrogen-bond donors (Lipinski definition) is 3. The molecule has 10 heteroatoms. The number of rotatable bonds is 4. The first-order valence-electron chi connectivity index (χ1n) is 7.16. The van der Waals surface area contributed by atoms with Gasteiger partial charge in [0.15, 0.2) is 16.6 Å². The number of hydrogen-bond acceptors (Lipinski definition) is 7. The molecule has 0 aliphatic carbocycles. The van der Waals surface area contributed by atoms with Gasteiger partial charge in [0.05, 0.1) is 18.8 Å². The summed E-state index contributed by atoms with van der Waals surface area (Å²) in [5.74, 6) is 0.125. The normalized spacial score (nSPS) is 16.1.